The molecule has 0 saturated carbocycles. The van der Waals surface area contributed by atoms with Crippen LogP contribution in [0.15, 0.2) is 18.8 Å². The summed E-state index contributed by atoms with van der Waals surface area (Å²) in [7, 11) is 0. The molecule has 0 saturated heterocycles. The van der Waals surface area contributed by atoms with Gasteiger partial charge in [0.2, 0.25) is 0 Å². The van der Waals surface area contributed by atoms with Gasteiger partial charge in [0.15, 0.2) is 0 Å². The smallest absolute Gasteiger partial charge is 0.0655 e. The molecule has 0 aliphatic heterocycles. The van der Waals surface area contributed by atoms with Gasteiger partial charge >= 0.3 is 0 Å². The van der Waals surface area contributed by atoms with Crippen molar-refractivity contribution in [1.82, 2.24) is 4.98 Å². The summed E-state index contributed by atoms with van der Waals surface area (Å²) in [5.74, 6) is 0. The summed E-state index contributed by atoms with van der Waals surface area (Å²) >= 11 is 0. The average molecular weight is 177 g/mol. The highest BCUT2D eigenvalue weighted by molar-refractivity contribution is 5.47. The number of aryl methyl sites for hydroxylation is 2. The van der Waals surface area contributed by atoms with Crippen LogP contribution in [-0.4, -0.2) is 4.98 Å². The number of aromatic nitrogens is 1. The first kappa shape index (κ1) is 11.9. The van der Waals surface area contributed by atoms with Crippen LogP contribution in [0.1, 0.15) is 37.6 Å². The van der Waals surface area contributed by atoms with Gasteiger partial charge in [-0.3, -0.25) is 4.98 Å². The van der Waals surface area contributed by atoms with Gasteiger partial charge in [-0.1, -0.05) is 33.4 Å². The molecule has 1 aromatic rings. The molecule has 0 N–H and O–H groups in total. The van der Waals surface area contributed by atoms with Gasteiger partial charge in [0.25, 0.3) is 0 Å². The van der Waals surface area contributed by atoms with Crippen LogP contribution in [-0.2, 0) is 6.42 Å². The molecule has 0 unspecified atom stereocenters. The highest BCUT2D eigenvalue weighted by Gasteiger charge is 1.96. The van der Waals surface area contributed by atoms with Gasteiger partial charge in [-0.2, -0.15) is 0 Å². The topological polar surface area (TPSA) is 12.9 Å². The van der Waals surface area contributed by atoms with Gasteiger partial charge in [-0.25, -0.2) is 0 Å². The lowest BCUT2D eigenvalue weighted by atomic mass is 10.1. The molecule has 0 aromatic carbocycles. The predicted octanol–water partition coefficient (Wildman–Crippen LogP) is 3.62. The lowest BCUT2D eigenvalue weighted by Gasteiger charge is -2.02. The maximum Gasteiger partial charge on any atom is 0.0655 e. The van der Waals surface area contributed by atoms with E-state index in [4.69, 9.17) is 0 Å². The molecular weight excluding hydrogens is 158 g/mol. The van der Waals surface area contributed by atoms with Crippen LogP contribution >= 0.6 is 0 Å². The van der Waals surface area contributed by atoms with Crippen molar-refractivity contribution in [2.45, 2.75) is 34.1 Å². The van der Waals surface area contributed by atoms with Gasteiger partial charge in [-0.15, -0.1) is 0 Å². The van der Waals surface area contributed by atoms with E-state index in [1.54, 1.807) is 6.08 Å². The van der Waals surface area contributed by atoms with Crippen molar-refractivity contribution in [1.29, 1.82) is 0 Å². The van der Waals surface area contributed by atoms with Crippen molar-refractivity contribution >= 4 is 6.08 Å². The van der Waals surface area contributed by atoms with Crippen molar-refractivity contribution < 1.29 is 0 Å². The van der Waals surface area contributed by atoms with Crippen LogP contribution in [0.5, 0.6) is 0 Å². The molecule has 72 valence electrons. The quantitative estimate of drug-likeness (QED) is 0.672. The second kappa shape index (κ2) is 6.41. The fourth-order valence-corrected chi connectivity index (χ4v) is 1.11. The summed E-state index contributed by atoms with van der Waals surface area (Å²) in [6.07, 6.45) is 4.70. The molecule has 1 nitrogen and oxygen atoms in total. The minimum absolute atomic E-state index is 1.01. The van der Waals surface area contributed by atoms with Crippen molar-refractivity contribution in [3.63, 3.8) is 0 Å². The van der Waals surface area contributed by atoms with Crippen molar-refractivity contribution in [2.75, 3.05) is 0 Å². The first-order chi connectivity index (χ1) is 6.27. The zero-order chi connectivity index (χ0) is 10.3. The van der Waals surface area contributed by atoms with Gasteiger partial charge in [0.1, 0.15) is 0 Å². The van der Waals surface area contributed by atoms with Gasteiger partial charge in [0.05, 0.1) is 5.69 Å². The standard InChI is InChI=1S/C10H13N.C2H6/c1-4-9-6-8(3)7-11-10(9)5-2;1-2/h5-7H,2,4H2,1,3H3;1-2H3. The molecule has 0 radical (unpaired) electrons. The Kier molecular flexibility index (Phi) is 5.86. The Morgan fingerprint density at radius 1 is 1.46 bits per heavy atom. The fraction of sp³-hybridized carbons (Fsp3) is 0.417. The van der Waals surface area contributed by atoms with Gasteiger partial charge in [-0.05, 0) is 30.5 Å². The largest absolute Gasteiger partial charge is 0.256 e. The number of rotatable bonds is 2. The predicted molar refractivity (Wildman–Crippen MR) is 59.8 cm³/mol. The number of hydrogen-bond donors (Lipinski definition) is 0. The SMILES string of the molecule is C=Cc1ncc(C)cc1CC.CC. The molecule has 0 fully saturated rings. The lowest BCUT2D eigenvalue weighted by molar-refractivity contribution is 1.08. The number of nitrogens with zero attached hydrogens (tertiary/aromatic N) is 1. The Labute approximate surface area is 81.5 Å². The van der Waals surface area contributed by atoms with E-state index >= 15 is 0 Å². The molecule has 13 heavy (non-hydrogen) atoms. The summed E-state index contributed by atoms with van der Waals surface area (Å²) in [6.45, 7) is 11.9. The number of pyridine rings is 1. The Morgan fingerprint density at radius 2 is 2.08 bits per heavy atom. The molecule has 0 atom stereocenters. The fourth-order valence-electron chi connectivity index (χ4n) is 1.11. The van der Waals surface area contributed by atoms with Crippen LogP contribution in [0, 0.1) is 6.92 Å². The molecule has 1 heterocycles. The maximum atomic E-state index is 4.25. The van der Waals surface area contributed by atoms with Crippen molar-refractivity contribution in [3.8, 4) is 0 Å². The first-order valence-corrected chi connectivity index (χ1v) is 4.86. The molecular formula is C12H19N. The first-order valence-electron chi connectivity index (χ1n) is 4.86. The summed E-state index contributed by atoms with van der Waals surface area (Å²) < 4.78 is 0. The third-order valence-corrected chi connectivity index (χ3v) is 1.71. The minimum Gasteiger partial charge on any atom is -0.256 e. The molecule has 0 aliphatic rings. The highest BCUT2D eigenvalue weighted by Crippen LogP contribution is 2.09. The Morgan fingerprint density at radius 3 is 2.54 bits per heavy atom. The van der Waals surface area contributed by atoms with E-state index in [0.717, 1.165) is 12.1 Å². The molecule has 1 aromatic heterocycles. The third-order valence-electron chi connectivity index (χ3n) is 1.71. The monoisotopic (exact) mass is 177 g/mol. The molecule has 1 heteroatoms. The molecule has 1 rings (SSSR count). The van der Waals surface area contributed by atoms with E-state index in [2.05, 4.69) is 31.5 Å². The molecule has 0 amide bonds. The minimum atomic E-state index is 1.01. The second-order valence-corrected chi connectivity index (χ2v) is 2.61. The molecule has 0 aliphatic carbocycles. The van der Waals surface area contributed by atoms with E-state index in [1.807, 2.05) is 20.0 Å². The summed E-state index contributed by atoms with van der Waals surface area (Å²) in [5.41, 5.74) is 3.51. The van der Waals surface area contributed by atoms with Gasteiger partial charge in [0, 0.05) is 6.20 Å². The van der Waals surface area contributed by atoms with Gasteiger partial charge < -0.3 is 0 Å². The Hall–Kier alpha value is -1.11. The third kappa shape index (κ3) is 3.41. The van der Waals surface area contributed by atoms with E-state index in [1.165, 1.54) is 11.1 Å². The van der Waals surface area contributed by atoms with Crippen LogP contribution in [0.3, 0.4) is 0 Å². The van der Waals surface area contributed by atoms with Crippen LogP contribution < -0.4 is 0 Å². The van der Waals surface area contributed by atoms with Crippen molar-refractivity contribution in [2.24, 2.45) is 0 Å². The Bertz CT molecular complexity index is 264. The van der Waals surface area contributed by atoms with Crippen LogP contribution in [0.2, 0.25) is 0 Å². The normalized spacial score (nSPS) is 8.62. The van der Waals surface area contributed by atoms with E-state index in [-0.39, 0.29) is 0 Å². The van der Waals surface area contributed by atoms with E-state index in [0.29, 0.717) is 0 Å². The molecule has 0 bridgehead atoms. The number of hydrogen-bond acceptors (Lipinski definition) is 1. The summed E-state index contributed by atoms with van der Waals surface area (Å²) in [6, 6.07) is 2.16. The second-order valence-electron chi connectivity index (χ2n) is 2.61. The maximum absolute atomic E-state index is 4.25. The Balaban J connectivity index is 0.000000671. The zero-order valence-electron chi connectivity index (χ0n) is 9.09. The van der Waals surface area contributed by atoms with Crippen molar-refractivity contribution in [3.05, 3.63) is 35.7 Å². The highest BCUT2D eigenvalue weighted by atomic mass is 14.7. The average Bonchev–Trinajstić information content (AvgIpc) is 2.20. The summed E-state index contributed by atoms with van der Waals surface area (Å²) in [5, 5.41) is 0. The zero-order valence-corrected chi connectivity index (χ0v) is 9.09. The lowest BCUT2D eigenvalue weighted by Crippen LogP contribution is -1.91. The van der Waals surface area contributed by atoms with E-state index < -0.39 is 0 Å². The molecule has 0 spiro atoms. The van der Waals surface area contributed by atoms with Crippen LogP contribution in [0.4, 0.5) is 0 Å². The van der Waals surface area contributed by atoms with E-state index in [9.17, 15) is 0 Å². The van der Waals surface area contributed by atoms with Crippen LogP contribution in [0.25, 0.3) is 6.08 Å². The summed E-state index contributed by atoms with van der Waals surface area (Å²) in [4.78, 5) is 4.25.